The highest BCUT2D eigenvalue weighted by atomic mass is 16.5. The fourth-order valence-electron chi connectivity index (χ4n) is 4.88. The maximum atomic E-state index is 12.7. The molecule has 1 aliphatic heterocycles. The molecule has 0 radical (unpaired) electrons. The van der Waals surface area contributed by atoms with E-state index in [0.717, 1.165) is 22.6 Å². The lowest BCUT2D eigenvalue weighted by atomic mass is 9.57. The van der Waals surface area contributed by atoms with Crippen LogP contribution in [0, 0.1) is 5.92 Å². The number of hydrogen-bond acceptors (Lipinski definition) is 3. The summed E-state index contributed by atoms with van der Waals surface area (Å²) in [4.78, 5) is 27.0. The molecule has 0 saturated carbocycles. The molecular weight excluding hydrogens is 340 g/mol. The summed E-state index contributed by atoms with van der Waals surface area (Å²) in [5, 5.41) is 0. The molecule has 2 aromatic carbocycles. The number of benzene rings is 2. The summed E-state index contributed by atoms with van der Waals surface area (Å²) in [6.45, 7) is 7.36. The van der Waals surface area contributed by atoms with E-state index in [1.54, 1.807) is 12.0 Å². The van der Waals surface area contributed by atoms with Gasteiger partial charge in [-0.25, -0.2) is 0 Å². The van der Waals surface area contributed by atoms with E-state index in [4.69, 9.17) is 10.5 Å². The molecule has 142 valence electrons. The van der Waals surface area contributed by atoms with Crippen LogP contribution < -0.4 is 15.4 Å². The Morgan fingerprint density at radius 2 is 1.63 bits per heavy atom. The third-order valence-corrected chi connectivity index (χ3v) is 5.85. The van der Waals surface area contributed by atoms with Crippen molar-refractivity contribution >= 4 is 17.5 Å². The van der Waals surface area contributed by atoms with Crippen LogP contribution in [0.4, 0.5) is 5.69 Å². The highest BCUT2D eigenvalue weighted by Crippen LogP contribution is 2.54. The van der Waals surface area contributed by atoms with Gasteiger partial charge in [-0.3, -0.25) is 9.59 Å². The summed E-state index contributed by atoms with van der Waals surface area (Å²) >= 11 is 0. The van der Waals surface area contributed by atoms with Gasteiger partial charge in [0, 0.05) is 18.0 Å². The zero-order valence-corrected chi connectivity index (χ0v) is 16.4. The predicted octanol–water partition coefficient (Wildman–Crippen LogP) is 3.25. The normalized spacial score (nSPS) is 23.4. The second-order valence-corrected chi connectivity index (χ2v) is 7.79. The first kappa shape index (κ1) is 19.0. The number of nitrogens with zero attached hydrogens (tertiary/aromatic N) is 1. The molecule has 2 aromatic rings. The average molecular weight is 366 g/mol. The molecule has 5 nitrogen and oxygen atoms in total. The van der Waals surface area contributed by atoms with Crippen molar-refractivity contribution in [2.24, 2.45) is 11.7 Å². The van der Waals surface area contributed by atoms with Gasteiger partial charge in [0.05, 0.1) is 18.6 Å². The predicted molar refractivity (Wildman–Crippen MR) is 106 cm³/mol. The number of ether oxygens (including phenoxy) is 1. The van der Waals surface area contributed by atoms with Crippen molar-refractivity contribution in [1.29, 1.82) is 0 Å². The van der Waals surface area contributed by atoms with Crippen molar-refractivity contribution in [2.45, 2.75) is 38.6 Å². The van der Waals surface area contributed by atoms with Crippen molar-refractivity contribution in [3.05, 3.63) is 59.7 Å². The zero-order chi connectivity index (χ0) is 20.0. The van der Waals surface area contributed by atoms with Crippen LogP contribution in [-0.4, -0.2) is 24.5 Å². The number of primary amides is 1. The number of fused-ring (bicyclic) bond motifs is 1. The monoisotopic (exact) mass is 366 g/mol. The van der Waals surface area contributed by atoms with Gasteiger partial charge in [0.25, 0.3) is 0 Å². The lowest BCUT2D eigenvalue weighted by molar-refractivity contribution is -0.127. The molecule has 1 heterocycles. The van der Waals surface area contributed by atoms with Gasteiger partial charge in [-0.1, -0.05) is 37.3 Å². The van der Waals surface area contributed by atoms with Crippen molar-refractivity contribution < 1.29 is 14.3 Å². The van der Waals surface area contributed by atoms with Gasteiger partial charge >= 0.3 is 0 Å². The van der Waals surface area contributed by atoms with Crippen LogP contribution >= 0.6 is 0 Å². The van der Waals surface area contributed by atoms with Gasteiger partial charge in [0.1, 0.15) is 5.75 Å². The van der Waals surface area contributed by atoms with Gasteiger partial charge in [0.2, 0.25) is 11.8 Å². The smallest absolute Gasteiger partial charge is 0.224 e. The van der Waals surface area contributed by atoms with E-state index >= 15 is 0 Å². The van der Waals surface area contributed by atoms with Crippen molar-refractivity contribution in [2.75, 3.05) is 12.0 Å². The molecular formula is C22H26N2O3. The summed E-state index contributed by atoms with van der Waals surface area (Å²) in [6.07, 6.45) is 0. The molecule has 27 heavy (non-hydrogen) atoms. The number of methoxy groups -OCH3 is 1. The number of carbonyl (C=O) groups is 2. The number of amides is 2. The second kappa shape index (κ2) is 6.41. The van der Waals surface area contributed by atoms with Gasteiger partial charge in [-0.2, -0.15) is 0 Å². The van der Waals surface area contributed by atoms with Crippen LogP contribution in [0.25, 0.3) is 0 Å². The summed E-state index contributed by atoms with van der Waals surface area (Å²) in [5.74, 6) is -0.418. The molecule has 0 bridgehead atoms. The molecule has 2 atom stereocenters. The number of carbonyl (C=O) groups excluding carboxylic acids is 2. The average Bonchev–Trinajstić information content (AvgIpc) is 2.60. The van der Waals surface area contributed by atoms with Crippen molar-refractivity contribution in [3.8, 4) is 5.75 Å². The Morgan fingerprint density at radius 3 is 2.15 bits per heavy atom. The highest BCUT2D eigenvalue weighted by molar-refractivity contribution is 5.98. The van der Waals surface area contributed by atoms with E-state index < -0.39 is 22.8 Å². The van der Waals surface area contributed by atoms with Gasteiger partial charge < -0.3 is 15.4 Å². The first-order valence-electron chi connectivity index (χ1n) is 8.99. The molecule has 0 fully saturated rings. The third-order valence-electron chi connectivity index (χ3n) is 5.85. The lowest BCUT2D eigenvalue weighted by Crippen LogP contribution is -2.65. The number of anilines is 1. The molecule has 0 aromatic heterocycles. The Morgan fingerprint density at radius 1 is 1.04 bits per heavy atom. The van der Waals surface area contributed by atoms with E-state index in [9.17, 15) is 9.59 Å². The Labute approximate surface area is 160 Å². The van der Waals surface area contributed by atoms with Gasteiger partial charge in [-0.05, 0) is 43.2 Å². The zero-order valence-electron chi connectivity index (χ0n) is 16.4. The Kier molecular flexibility index (Phi) is 4.50. The number of para-hydroxylation sites is 1. The first-order chi connectivity index (χ1) is 12.7. The molecule has 2 amide bonds. The van der Waals surface area contributed by atoms with E-state index in [1.807, 2.05) is 69.3 Å². The molecule has 1 aliphatic rings. The third kappa shape index (κ3) is 2.69. The maximum Gasteiger partial charge on any atom is 0.224 e. The Hall–Kier alpha value is -2.82. The summed E-state index contributed by atoms with van der Waals surface area (Å²) in [7, 11) is 1.62. The highest BCUT2D eigenvalue weighted by Gasteiger charge is 2.57. The SMILES string of the molecule is COc1ccc(C2(C)c3ccccc3N(C(C)=O)C(C)(C)C2C(N)=O)cc1. The van der Waals surface area contributed by atoms with E-state index in [1.165, 1.54) is 6.92 Å². The summed E-state index contributed by atoms with van der Waals surface area (Å²) in [5.41, 5.74) is 7.12. The minimum Gasteiger partial charge on any atom is -0.497 e. The Balaban J connectivity index is 2.36. The van der Waals surface area contributed by atoms with Gasteiger partial charge in [-0.15, -0.1) is 0 Å². The number of hydrogen-bond donors (Lipinski definition) is 1. The molecule has 0 aliphatic carbocycles. The second-order valence-electron chi connectivity index (χ2n) is 7.79. The van der Waals surface area contributed by atoms with E-state index in [0.29, 0.717) is 0 Å². The maximum absolute atomic E-state index is 12.7. The fourth-order valence-corrected chi connectivity index (χ4v) is 4.88. The molecule has 3 rings (SSSR count). The topological polar surface area (TPSA) is 72.6 Å². The molecule has 0 saturated heterocycles. The molecule has 0 spiro atoms. The van der Waals surface area contributed by atoms with Crippen molar-refractivity contribution in [3.63, 3.8) is 0 Å². The van der Waals surface area contributed by atoms with Gasteiger partial charge in [0.15, 0.2) is 0 Å². The van der Waals surface area contributed by atoms with E-state index in [2.05, 4.69) is 0 Å². The molecule has 5 heteroatoms. The van der Waals surface area contributed by atoms with Crippen LogP contribution in [0.3, 0.4) is 0 Å². The number of rotatable bonds is 3. The Bertz CT molecular complexity index is 889. The van der Waals surface area contributed by atoms with Crippen LogP contribution in [0.15, 0.2) is 48.5 Å². The first-order valence-corrected chi connectivity index (χ1v) is 8.99. The van der Waals surface area contributed by atoms with Crippen LogP contribution in [0.5, 0.6) is 5.75 Å². The quantitative estimate of drug-likeness (QED) is 0.906. The minimum atomic E-state index is -0.791. The fraction of sp³-hybridized carbons (Fsp3) is 0.364. The standard InChI is InChI=1S/C22H26N2O3/c1-14(25)24-18-9-7-6-8-17(18)22(4,19(20(23)26)21(24,2)3)15-10-12-16(27-5)13-11-15/h6-13,19H,1-5H3,(H2,23,26). The van der Waals surface area contributed by atoms with Crippen LogP contribution in [0.2, 0.25) is 0 Å². The van der Waals surface area contributed by atoms with E-state index in [-0.39, 0.29) is 5.91 Å². The van der Waals surface area contributed by atoms with Crippen molar-refractivity contribution in [1.82, 2.24) is 0 Å². The van der Waals surface area contributed by atoms with Crippen LogP contribution in [-0.2, 0) is 15.0 Å². The molecule has 2 unspecified atom stereocenters. The minimum absolute atomic E-state index is 0.115. The van der Waals surface area contributed by atoms with Crippen LogP contribution in [0.1, 0.15) is 38.8 Å². The number of nitrogens with two attached hydrogens (primary N) is 1. The summed E-state index contributed by atoms with van der Waals surface area (Å²) < 4.78 is 5.28. The largest absolute Gasteiger partial charge is 0.497 e. The summed E-state index contributed by atoms with van der Waals surface area (Å²) in [6, 6.07) is 15.4. The lowest BCUT2D eigenvalue weighted by Gasteiger charge is -2.55. The molecule has 2 N–H and O–H groups in total.